The standard InChI is InChI=1S/C10H12N2O.ClH/c1-13-9-4-2-8(3-5-9)10(12)6-7-11;/h2-5,10H,6,12H2,1H3;1H/t10-;/m1./s1. The molecule has 0 saturated heterocycles. The van der Waals surface area contributed by atoms with E-state index in [-0.39, 0.29) is 18.4 Å². The van der Waals surface area contributed by atoms with E-state index in [9.17, 15) is 0 Å². The fraction of sp³-hybridized carbons (Fsp3) is 0.300. The minimum atomic E-state index is -0.198. The molecule has 76 valence electrons. The lowest BCUT2D eigenvalue weighted by Crippen LogP contribution is -2.08. The number of hydrogen-bond acceptors (Lipinski definition) is 3. The highest BCUT2D eigenvalue weighted by molar-refractivity contribution is 5.85. The molecule has 0 aromatic heterocycles. The molecule has 0 unspecified atom stereocenters. The number of rotatable bonds is 3. The lowest BCUT2D eigenvalue weighted by Gasteiger charge is -2.07. The highest BCUT2D eigenvalue weighted by Gasteiger charge is 2.04. The van der Waals surface area contributed by atoms with Gasteiger partial charge < -0.3 is 10.5 Å². The maximum absolute atomic E-state index is 8.44. The molecule has 1 rings (SSSR count). The van der Waals surface area contributed by atoms with Crippen molar-refractivity contribution < 1.29 is 4.74 Å². The van der Waals surface area contributed by atoms with Crippen LogP contribution >= 0.6 is 12.4 Å². The number of methoxy groups -OCH3 is 1. The molecule has 0 fully saturated rings. The lowest BCUT2D eigenvalue weighted by molar-refractivity contribution is 0.414. The van der Waals surface area contributed by atoms with Crippen LogP contribution < -0.4 is 10.5 Å². The maximum Gasteiger partial charge on any atom is 0.118 e. The Morgan fingerprint density at radius 3 is 2.43 bits per heavy atom. The number of benzene rings is 1. The van der Waals surface area contributed by atoms with E-state index >= 15 is 0 Å². The summed E-state index contributed by atoms with van der Waals surface area (Å²) in [5, 5.41) is 8.44. The van der Waals surface area contributed by atoms with Crippen LogP contribution in [0.1, 0.15) is 18.0 Å². The molecular formula is C10H13ClN2O. The van der Waals surface area contributed by atoms with Crippen molar-refractivity contribution in [1.29, 1.82) is 5.26 Å². The zero-order chi connectivity index (χ0) is 9.68. The van der Waals surface area contributed by atoms with Crippen LogP contribution in [0, 0.1) is 11.3 Å². The number of nitriles is 1. The van der Waals surface area contributed by atoms with Gasteiger partial charge in [0.2, 0.25) is 0 Å². The van der Waals surface area contributed by atoms with Crippen LogP contribution in [-0.2, 0) is 0 Å². The largest absolute Gasteiger partial charge is 0.497 e. The first-order valence-corrected chi connectivity index (χ1v) is 4.04. The third-order valence-corrected chi connectivity index (χ3v) is 1.86. The fourth-order valence-electron chi connectivity index (χ4n) is 1.07. The Labute approximate surface area is 89.9 Å². The molecule has 2 N–H and O–H groups in total. The third-order valence-electron chi connectivity index (χ3n) is 1.86. The van der Waals surface area contributed by atoms with Crippen LogP contribution in [0.2, 0.25) is 0 Å². The second-order valence-corrected chi connectivity index (χ2v) is 2.74. The molecule has 0 radical (unpaired) electrons. The van der Waals surface area contributed by atoms with Crippen molar-refractivity contribution in [2.75, 3.05) is 7.11 Å². The van der Waals surface area contributed by atoms with Crippen molar-refractivity contribution in [3.63, 3.8) is 0 Å². The van der Waals surface area contributed by atoms with E-state index in [0.717, 1.165) is 11.3 Å². The Balaban J connectivity index is 0.00000169. The zero-order valence-electron chi connectivity index (χ0n) is 7.93. The smallest absolute Gasteiger partial charge is 0.118 e. The quantitative estimate of drug-likeness (QED) is 0.834. The van der Waals surface area contributed by atoms with Crippen LogP contribution in [0.3, 0.4) is 0 Å². The Morgan fingerprint density at radius 1 is 1.43 bits per heavy atom. The maximum atomic E-state index is 8.44. The second kappa shape index (κ2) is 6.25. The van der Waals surface area contributed by atoms with Gasteiger partial charge in [0.15, 0.2) is 0 Å². The van der Waals surface area contributed by atoms with E-state index in [2.05, 4.69) is 0 Å². The first kappa shape index (κ1) is 12.8. The monoisotopic (exact) mass is 212 g/mol. The van der Waals surface area contributed by atoms with Crippen molar-refractivity contribution in [3.8, 4) is 11.8 Å². The van der Waals surface area contributed by atoms with E-state index in [1.165, 1.54) is 0 Å². The highest BCUT2D eigenvalue weighted by Crippen LogP contribution is 2.17. The molecule has 0 aliphatic heterocycles. The summed E-state index contributed by atoms with van der Waals surface area (Å²) in [4.78, 5) is 0. The van der Waals surface area contributed by atoms with E-state index < -0.39 is 0 Å². The summed E-state index contributed by atoms with van der Waals surface area (Å²) in [6, 6.07) is 9.27. The third kappa shape index (κ3) is 3.25. The predicted molar refractivity (Wildman–Crippen MR) is 57.4 cm³/mol. The van der Waals surface area contributed by atoms with Crippen LogP contribution in [0.4, 0.5) is 0 Å². The number of hydrogen-bond donors (Lipinski definition) is 1. The second-order valence-electron chi connectivity index (χ2n) is 2.74. The predicted octanol–water partition coefficient (Wildman–Crippen LogP) is 2.03. The van der Waals surface area contributed by atoms with Crippen LogP contribution in [-0.4, -0.2) is 7.11 Å². The van der Waals surface area contributed by atoms with Gasteiger partial charge in [-0.05, 0) is 17.7 Å². The number of nitrogens with two attached hydrogens (primary N) is 1. The molecule has 0 amide bonds. The van der Waals surface area contributed by atoms with Gasteiger partial charge in [0, 0.05) is 6.04 Å². The Kier molecular flexibility index (Phi) is 5.70. The molecule has 4 heteroatoms. The highest BCUT2D eigenvalue weighted by atomic mass is 35.5. The van der Waals surface area contributed by atoms with E-state index in [0.29, 0.717) is 6.42 Å². The SMILES string of the molecule is COc1ccc([C@H](N)CC#N)cc1.Cl. The van der Waals surface area contributed by atoms with Crippen LogP contribution in [0.5, 0.6) is 5.75 Å². The van der Waals surface area contributed by atoms with Crippen molar-refractivity contribution in [2.24, 2.45) is 5.73 Å². The van der Waals surface area contributed by atoms with Gasteiger partial charge in [-0.1, -0.05) is 12.1 Å². The average Bonchev–Trinajstić information content (AvgIpc) is 2.18. The average molecular weight is 213 g/mol. The molecule has 0 heterocycles. The number of halogens is 1. The zero-order valence-corrected chi connectivity index (χ0v) is 8.75. The van der Waals surface area contributed by atoms with E-state index in [4.69, 9.17) is 15.7 Å². The molecular weight excluding hydrogens is 200 g/mol. The van der Waals surface area contributed by atoms with Gasteiger partial charge in [-0.25, -0.2) is 0 Å². The summed E-state index contributed by atoms with van der Waals surface area (Å²) in [5.41, 5.74) is 6.69. The lowest BCUT2D eigenvalue weighted by atomic mass is 10.1. The van der Waals surface area contributed by atoms with Crippen molar-refractivity contribution in [3.05, 3.63) is 29.8 Å². The molecule has 0 saturated carbocycles. The van der Waals surface area contributed by atoms with Crippen molar-refractivity contribution >= 4 is 12.4 Å². The van der Waals surface area contributed by atoms with Gasteiger partial charge in [0.05, 0.1) is 19.6 Å². The summed E-state index contributed by atoms with van der Waals surface area (Å²) < 4.78 is 5.00. The molecule has 1 aromatic rings. The van der Waals surface area contributed by atoms with Gasteiger partial charge in [0.25, 0.3) is 0 Å². The molecule has 3 nitrogen and oxygen atoms in total. The van der Waals surface area contributed by atoms with E-state index in [1.54, 1.807) is 7.11 Å². The number of ether oxygens (including phenoxy) is 1. The van der Waals surface area contributed by atoms with Gasteiger partial charge in [0.1, 0.15) is 5.75 Å². The van der Waals surface area contributed by atoms with Crippen molar-refractivity contribution in [2.45, 2.75) is 12.5 Å². The summed E-state index contributed by atoms with van der Waals surface area (Å²) in [7, 11) is 1.62. The summed E-state index contributed by atoms with van der Waals surface area (Å²) in [6.45, 7) is 0. The molecule has 0 bridgehead atoms. The summed E-state index contributed by atoms with van der Waals surface area (Å²) >= 11 is 0. The molecule has 0 aliphatic carbocycles. The Morgan fingerprint density at radius 2 is 2.00 bits per heavy atom. The fourth-order valence-corrected chi connectivity index (χ4v) is 1.07. The molecule has 0 spiro atoms. The van der Waals surface area contributed by atoms with E-state index in [1.807, 2.05) is 30.3 Å². The molecule has 14 heavy (non-hydrogen) atoms. The minimum Gasteiger partial charge on any atom is -0.497 e. The summed E-state index contributed by atoms with van der Waals surface area (Å²) in [6.07, 6.45) is 0.340. The minimum absolute atomic E-state index is 0. The Bertz CT molecular complexity index is 305. The van der Waals surface area contributed by atoms with Gasteiger partial charge >= 0.3 is 0 Å². The molecule has 0 aliphatic rings. The first-order valence-electron chi connectivity index (χ1n) is 4.04. The summed E-state index contributed by atoms with van der Waals surface area (Å²) in [5.74, 6) is 0.799. The van der Waals surface area contributed by atoms with Crippen molar-refractivity contribution in [1.82, 2.24) is 0 Å². The van der Waals surface area contributed by atoms with Gasteiger partial charge in [-0.15, -0.1) is 12.4 Å². The Hall–Kier alpha value is -1.24. The molecule has 1 atom stereocenters. The van der Waals surface area contributed by atoms with Crippen LogP contribution in [0.25, 0.3) is 0 Å². The topological polar surface area (TPSA) is 59.0 Å². The van der Waals surface area contributed by atoms with Gasteiger partial charge in [-0.3, -0.25) is 0 Å². The van der Waals surface area contributed by atoms with Gasteiger partial charge in [-0.2, -0.15) is 5.26 Å². The first-order chi connectivity index (χ1) is 6.27. The van der Waals surface area contributed by atoms with Crippen LogP contribution in [0.15, 0.2) is 24.3 Å². The number of nitrogens with zero attached hydrogens (tertiary/aromatic N) is 1. The molecule has 1 aromatic carbocycles. The normalized spacial score (nSPS) is 10.9.